The van der Waals surface area contributed by atoms with Crippen LogP contribution in [0.2, 0.25) is 0 Å². The number of nitrogens with zero attached hydrogens (tertiary/aromatic N) is 1. The van der Waals surface area contributed by atoms with Gasteiger partial charge in [-0.25, -0.2) is 4.98 Å². The first-order chi connectivity index (χ1) is 9.29. The van der Waals surface area contributed by atoms with Crippen molar-refractivity contribution in [2.45, 2.75) is 25.6 Å². The molecular formula is C16H18ClNO. The smallest absolute Gasteiger partial charge is 0.213 e. The predicted octanol–water partition coefficient (Wildman–Crippen LogP) is 4.14. The summed E-state index contributed by atoms with van der Waals surface area (Å²) in [6, 6.07) is 14.3. The molecule has 1 aromatic heterocycles. The van der Waals surface area contributed by atoms with E-state index in [1.165, 1.54) is 5.56 Å². The van der Waals surface area contributed by atoms with Gasteiger partial charge in [0.2, 0.25) is 5.88 Å². The Morgan fingerprint density at radius 3 is 2.58 bits per heavy atom. The van der Waals surface area contributed by atoms with Crippen LogP contribution < -0.4 is 4.74 Å². The molecule has 0 aliphatic heterocycles. The maximum absolute atomic E-state index is 5.80. The minimum Gasteiger partial charge on any atom is -0.478 e. The second-order valence-electron chi connectivity index (χ2n) is 4.47. The van der Waals surface area contributed by atoms with Gasteiger partial charge in [0.05, 0.1) is 6.61 Å². The second kappa shape index (κ2) is 7.15. The van der Waals surface area contributed by atoms with Crippen LogP contribution in [0, 0.1) is 6.92 Å². The third-order valence-corrected chi connectivity index (χ3v) is 3.30. The summed E-state index contributed by atoms with van der Waals surface area (Å²) in [5.74, 6) is 1.17. The molecule has 0 aliphatic carbocycles. The number of halogens is 1. The SMILES string of the molecule is Cc1nc(OCCCc2ccccc2)ccc1CCl. The van der Waals surface area contributed by atoms with E-state index in [1.807, 2.05) is 25.1 Å². The minimum absolute atomic E-state index is 0.493. The Bertz CT molecular complexity index is 513. The number of aryl methyl sites for hydroxylation is 2. The molecule has 0 unspecified atom stereocenters. The van der Waals surface area contributed by atoms with Gasteiger partial charge in [-0.05, 0) is 30.9 Å². The van der Waals surface area contributed by atoms with Crippen molar-refractivity contribution in [3.8, 4) is 5.88 Å². The maximum atomic E-state index is 5.80. The first-order valence-corrected chi connectivity index (χ1v) is 7.02. The Hall–Kier alpha value is -1.54. The van der Waals surface area contributed by atoms with E-state index >= 15 is 0 Å². The zero-order valence-electron chi connectivity index (χ0n) is 11.1. The van der Waals surface area contributed by atoms with Crippen LogP contribution in [0.5, 0.6) is 5.88 Å². The fraction of sp³-hybridized carbons (Fsp3) is 0.312. The zero-order valence-corrected chi connectivity index (χ0v) is 11.9. The number of hydrogen-bond donors (Lipinski definition) is 0. The number of rotatable bonds is 6. The molecule has 0 amide bonds. The van der Waals surface area contributed by atoms with E-state index in [0.717, 1.165) is 24.1 Å². The van der Waals surface area contributed by atoms with Crippen LogP contribution in [0.25, 0.3) is 0 Å². The lowest BCUT2D eigenvalue weighted by molar-refractivity contribution is 0.298. The monoisotopic (exact) mass is 275 g/mol. The highest BCUT2D eigenvalue weighted by molar-refractivity contribution is 6.17. The van der Waals surface area contributed by atoms with Crippen LogP contribution >= 0.6 is 11.6 Å². The first kappa shape index (κ1) is 13.9. The molecule has 0 aliphatic rings. The molecule has 0 saturated heterocycles. The van der Waals surface area contributed by atoms with Crippen LogP contribution in [0.15, 0.2) is 42.5 Å². The van der Waals surface area contributed by atoms with E-state index < -0.39 is 0 Å². The van der Waals surface area contributed by atoms with E-state index in [-0.39, 0.29) is 0 Å². The van der Waals surface area contributed by atoms with Crippen molar-refractivity contribution >= 4 is 11.6 Å². The van der Waals surface area contributed by atoms with Gasteiger partial charge in [0.25, 0.3) is 0 Å². The van der Waals surface area contributed by atoms with E-state index in [9.17, 15) is 0 Å². The zero-order chi connectivity index (χ0) is 13.5. The van der Waals surface area contributed by atoms with Crippen molar-refractivity contribution in [2.24, 2.45) is 0 Å². The molecule has 1 aromatic carbocycles. The van der Waals surface area contributed by atoms with E-state index in [4.69, 9.17) is 16.3 Å². The molecule has 1 heterocycles. The summed E-state index contributed by atoms with van der Waals surface area (Å²) in [7, 11) is 0. The molecule has 0 radical (unpaired) electrons. The lowest BCUT2D eigenvalue weighted by Crippen LogP contribution is -2.02. The Labute approximate surface area is 119 Å². The van der Waals surface area contributed by atoms with E-state index in [1.54, 1.807) is 0 Å². The molecular weight excluding hydrogens is 258 g/mol. The van der Waals surface area contributed by atoms with Crippen LogP contribution in [0.1, 0.15) is 23.2 Å². The van der Waals surface area contributed by atoms with Gasteiger partial charge in [0, 0.05) is 17.6 Å². The molecule has 0 bridgehead atoms. The number of ether oxygens (including phenoxy) is 1. The van der Waals surface area contributed by atoms with Gasteiger partial charge in [-0.3, -0.25) is 0 Å². The van der Waals surface area contributed by atoms with Gasteiger partial charge >= 0.3 is 0 Å². The summed E-state index contributed by atoms with van der Waals surface area (Å²) in [6.45, 7) is 2.64. The van der Waals surface area contributed by atoms with Crippen LogP contribution in [0.4, 0.5) is 0 Å². The Balaban J connectivity index is 1.78. The van der Waals surface area contributed by atoms with Crippen molar-refractivity contribution in [1.29, 1.82) is 0 Å². The van der Waals surface area contributed by atoms with Gasteiger partial charge in [-0.2, -0.15) is 0 Å². The second-order valence-corrected chi connectivity index (χ2v) is 4.73. The Kier molecular flexibility index (Phi) is 5.22. The number of pyridine rings is 1. The highest BCUT2D eigenvalue weighted by Gasteiger charge is 2.01. The van der Waals surface area contributed by atoms with Gasteiger partial charge < -0.3 is 4.74 Å². The molecule has 100 valence electrons. The maximum Gasteiger partial charge on any atom is 0.213 e. The summed E-state index contributed by atoms with van der Waals surface area (Å²) < 4.78 is 5.65. The Morgan fingerprint density at radius 2 is 1.89 bits per heavy atom. The summed E-state index contributed by atoms with van der Waals surface area (Å²) >= 11 is 5.80. The molecule has 2 aromatic rings. The van der Waals surface area contributed by atoms with Gasteiger partial charge in [-0.15, -0.1) is 11.6 Å². The summed E-state index contributed by atoms with van der Waals surface area (Å²) in [6.07, 6.45) is 2.02. The highest BCUT2D eigenvalue weighted by atomic mass is 35.5. The summed E-state index contributed by atoms with van der Waals surface area (Å²) in [4.78, 5) is 4.38. The van der Waals surface area contributed by atoms with Crippen molar-refractivity contribution in [2.75, 3.05) is 6.61 Å². The fourth-order valence-corrected chi connectivity index (χ4v) is 2.17. The fourth-order valence-electron chi connectivity index (χ4n) is 1.89. The van der Waals surface area contributed by atoms with Crippen molar-refractivity contribution < 1.29 is 4.74 Å². The minimum atomic E-state index is 0.493. The van der Waals surface area contributed by atoms with Gasteiger partial charge in [-0.1, -0.05) is 36.4 Å². The lowest BCUT2D eigenvalue weighted by Gasteiger charge is -2.07. The number of hydrogen-bond acceptors (Lipinski definition) is 2. The molecule has 0 saturated carbocycles. The standard InChI is InChI=1S/C16H18ClNO/c1-13-15(12-17)9-10-16(18-13)19-11-5-8-14-6-3-2-4-7-14/h2-4,6-7,9-10H,5,8,11-12H2,1H3. The average Bonchev–Trinajstić information content (AvgIpc) is 2.45. The third-order valence-electron chi connectivity index (χ3n) is 3.02. The molecule has 0 spiro atoms. The van der Waals surface area contributed by atoms with Crippen LogP contribution in [0.3, 0.4) is 0 Å². The quantitative estimate of drug-likeness (QED) is 0.584. The van der Waals surface area contributed by atoms with Gasteiger partial charge in [0.1, 0.15) is 0 Å². The Morgan fingerprint density at radius 1 is 1.11 bits per heavy atom. The topological polar surface area (TPSA) is 22.1 Å². The van der Waals surface area contributed by atoms with Crippen molar-refractivity contribution in [3.05, 3.63) is 59.3 Å². The molecule has 0 N–H and O–H groups in total. The molecule has 3 heteroatoms. The molecule has 2 rings (SSSR count). The van der Waals surface area contributed by atoms with E-state index in [0.29, 0.717) is 18.4 Å². The normalized spacial score (nSPS) is 10.4. The number of benzene rings is 1. The largest absolute Gasteiger partial charge is 0.478 e. The first-order valence-electron chi connectivity index (χ1n) is 6.49. The molecule has 19 heavy (non-hydrogen) atoms. The van der Waals surface area contributed by atoms with Crippen molar-refractivity contribution in [3.63, 3.8) is 0 Å². The number of alkyl halides is 1. The van der Waals surface area contributed by atoms with E-state index in [2.05, 4.69) is 29.2 Å². The van der Waals surface area contributed by atoms with Crippen molar-refractivity contribution in [1.82, 2.24) is 4.98 Å². The van der Waals surface area contributed by atoms with Crippen LogP contribution in [-0.2, 0) is 12.3 Å². The van der Waals surface area contributed by atoms with Crippen LogP contribution in [-0.4, -0.2) is 11.6 Å². The predicted molar refractivity (Wildman–Crippen MR) is 78.8 cm³/mol. The lowest BCUT2D eigenvalue weighted by atomic mass is 10.1. The highest BCUT2D eigenvalue weighted by Crippen LogP contribution is 2.14. The van der Waals surface area contributed by atoms with Gasteiger partial charge in [0.15, 0.2) is 0 Å². The molecule has 0 fully saturated rings. The summed E-state index contributed by atoms with van der Waals surface area (Å²) in [5.41, 5.74) is 3.33. The summed E-state index contributed by atoms with van der Waals surface area (Å²) in [5, 5.41) is 0. The molecule has 0 atom stereocenters. The molecule has 2 nitrogen and oxygen atoms in total. The average molecular weight is 276 g/mol. The third kappa shape index (κ3) is 4.25. The number of aromatic nitrogens is 1.